The van der Waals surface area contributed by atoms with Crippen LogP contribution in [0.2, 0.25) is 0 Å². The van der Waals surface area contributed by atoms with Crippen LogP contribution >= 0.6 is 11.8 Å². The molecule has 0 aromatic carbocycles. The van der Waals surface area contributed by atoms with E-state index in [1.807, 2.05) is 0 Å². The average Bonchev–Trinajstić information content (AvgIpc) is 2.79. The minimum atomic E-state index is -1.27. The highest BCUT2D eigenvalue weighted by molar-refractivity contribution is 7.99. The van der Waals surface area contributed by atoms with Crippen LogP contribution in [-0.2, 0) is 9.59 Å². The summed E-state index contributed by atoms with van der Waals surface area (Å²) in [5.74, 6) is -0.193. The van der Waals surface area contributed by atoms with Crippen LogP contribution in [0.5, 0.6) is 0 Å². The van der Waals surface area contributed by atoms with E-state index in [0.29, 0.717) is 0 Å². The van der Waals surface area contributed by atoms with Crippen molar-refractivity contribution in [1.29, 1.82) is 0 Å². The number of amides is 3. The number of hydrogen-bond acceptors (Lipinski definition) is 4. The summed E-state index contributed by atoms with van der Waals surface area (Å²) in [6.45, 7) is 0. The maximum absolute atomic E-state index is 11.8. The maximum atomic E-state index is 11.8. The zero-order chi connectivity index (χ0) is 13.7. The second-order valence-corrected chi connectivity index (χ2v) is 5.29. The lowest BCUT2D eigenvalue weighted by Gasteiger charge is -2.25. The summed E-state index contributed by atoms with van der Waals surface area (Å²) < 4.78 is 0. The average molecular weight is 275 g/mol. The first-order valence-corrected chi connectivity index (χ1v) is 6.69. The Hall–Kier alpha value is -1.44. The van der Waals surface area contributed by atoms with Gasteiger partial charge in [0.15, 0.2) is 0 Å². The van der Waals surface area contributed by atoms with Crippen LogP contribution < -0.4 is 11.1 Å². The number of nitrogens with one attached hydrogen (secondary N) is 1. The topological polar surface area (TPSA) is 113 Å². The van der Waals surface area contributed by atoms with E-state index in [-0.39, 0.29) is 6.04 Å². The van der Waals surface area contributed by atoms with Gasteiger partial charge in [-0.1, -0.05) is 0 Å². The normalized spacial score (nSPS) is 20.2. The number of carboxylic acid groups (broad SMARTS) is 1. The van der Waals surface area contributed by atoms with Gasteiger partial charge in [0, 0.05) is 18.8 Å². The summed E-state index contributed by atoms with van der Waals surface area (Å²) in [4.78, 5) is 34.9. The van der Waals surface area contributed by atoms with E-state index in [1.165, 1.54) is 4.90 Å². The molecule has 2 atom stereocenters. The summed E-state index contributed by atoms with van der Waals surface area (Å²) in [6, 6.07) is -1.65. The molecule has 1 rings (SSSR count). The van der Waals surface area contributed by atoms with Crippen LogP contribution in [0.15, 0.2) is 0 Å². The fraction of sp³-hybridized carbons (Fsp3) is 0.700. The Morgan fingerprint density at radius 3 is 2.67 bits per heavy atom. The lowest BCUT2D eigenvalue weighted by molar-refractivity contribution is -0.140. The van der Waals surface area contributed by atoms with Gasteiger partial charge in [0.1, 0.15) is 6.04 Å². The Morgan fingerprint density at radius 2 is 2.22 bits per heavy atom. The van der Waals surface area contributed by atoms with E-state index >= 15 is 0 Å². The molecule has 3 amide bonds. The van der Waals surface area contributed by atoms with Gasteiger partial charge in [-0.05, 0) is 12.2 Å². The highest BCUT2D eigenvalue weighted by Gasteiger charge is 2.28. The van der Waals surface area contributed by atoms with E-state index < -0.39 is 30.4 Å². The van der Waals surface area contributed by atoms with E-state index in [0.717, 1.165) is 17.9 Å². The third-order valence-corrected chi connectivity index (χ3v) is 3.92. The van der Waals surface area contributed by atoms with Crippen molar-refractivity contribution in [3.63, 3.8) is 0 Å². The van der Waals surface area contributed by atoms with E-state index in [4.69, 9.17) is 10.8 Å². The predicted octanol–water partition coefficient (Wildman–Crippen LogP) is -0.538. The van der Waals surface area contributed by atoms with E-state index in [2.05, 4.69) is 5.32 Å². The Kier molecular flexibility index (Phi) is 5.26. The molecule has 1 heterocycles. The van der Waals surface area contributed by atoms with Crippen molar-refractivity contribution in [2.24, 2.45) is 5.73 Å². The monoisotopic (exact) mass is 275 g/mol. The van der Waals surface area contributed by atoms with Crippen LogP contribution in [0.3, 0.4) is 0 Å². The largest absolute Gasteiger partial charge is 0.480 e. The van der Waals surface area contributed by atoms with Crippen LogP contribution in [0.25, 0.3) is 0 Å². The number of carboxylic acids is 1. The molecule has 0 bridgehead atoms. The Morgan fingerprint density at radius 1 is 1.56 bits per heavy atom. The molecule has 18 heavy (non-hydrogen) atoms. The Balaban J connectivity index is 2.54. The van der Waals surface area contributed by atoms with Crippen molar-refractivity contribution in [2.45, 2.75) is 24.9 Å². The second-order valence-electron chi connectivity index (χ2n) is 4.14. The summed E-state index contributed by atoms with van der Waals surface area (Å²) in [7, 11) is 1.62. The number of urea groups is 1. The molecule has 1 saturated heterocycles. The van der Waals surface area contributed by atoms with Crippen LogP contribution in [0.1, 0.15) is 12.8 Å². The number of carbonyl (C=O) groups excluding carboxylic acids is 2. The molecule has 7 nitrogen and oxygen atoms in total. The predicted molar refractivity (Wildman–Crippen MR) is 67.3 cm³/mol. The standard InChI is InChI=1S/C10H17N3O4S/c1-13(6-2-3-18-5-6)10(17)12-7(9(15)16)4-8(11)14/h6-7H,2-5H2,1H3,(H2,11,14)(H,12,17)(H,15,16)/t6?,7-/m1/s1. The molecule has 1 fully saturated rings. The molecule has 1 aliphatic rings. The van der Waals surface area contributed by atoms with Crippen molar-refractivity contribution in [3.05, 3.63) is 0 Å². The molecule has 4 N–H and O–H groups in total. The van der Waals surface area contributed by atoms with Crippen molar-refractivity contribution in [2.75, 3.05) is 18.6 Å². The molecule has 1 unspecified atom stereocenters. The van der Waals surface area contributed by atoms with Gasteiger partial charge in [-0.2, -0.15) is 11.8 Å². The number of primary amides is 1. The fourth-order valence-electron chi connectivity index (χ4n) is 1.65. The molecule has 102 valence electrons. The molecule has 0 aromatic heterocycles. The molecule has 8 heteroatoms. The minimum Gasteiger partial charge on any atom is -0.480 e. The second kappa shape index (κ2) is 6.48. The number of nitrogens with zero attached hydrogens (tertiary/aromatic N) is 1. The molecule has 0 radical (unpaired) electrons. The molecular formula is C10H17N3O4S. The SMILES string of the molecule is CN(C(=O)N[C@H](CC(N)=O)C(=O)O)C1CCSC1. The zero-order valence-electron chi connectivity index (χ0n) is 10.1. The van der Waals surface area contributed by atoms with Gasteiger partial charge in [0.05, 0.1) is 6.42 Å². The Bertz CT molecular complexity index is 344. The third-order valence-electron chi connectivity index (χ3n) is 2.77. The number of thioether (sulfide) groups is 1. The molecule has 0 saturated carbocycles. The number of rotatable bonds is 5. The number of aliphatic carboxylic acids is 1. The number of hydrogen-bond donors (Lipinski definition) is 3. The van der Waals surface area contributed by atoms with Crippen molar-refractivity contribution in [1.82, 2.24) is 10.2 Å². The number of nitrogens with two attached hydrogens (primary N) is 1. The van der Waals surface area contributed by atoms with Crippen molar-refractivity contribution in [3.8, 4) is 0 Å². The van der Waals surface area contributed by atoms with E-state index in [9.17, 15) is 14.4 Å². The number of carbonyl (C=O) groups is 3. The summed E-state index contributed by atoms with van der Waals surface area (Å²) >= 11 is 1.75. The highest BCUT2D eigenvalue weighted by atomic mass is 32.2. The van der Waals surface area contributed by atoms with Gasteiger partial charge in [0.25, 0.3) is 0 Å². The van der Waals surface area contributed by atoms with Crippen LogP contribution in [-0.4, -0.2) is 58.6 Å². The first-order chi connectivity index (χ1) is 8.41. The highest BCUT2D eigenvalue weighted by Crippen LogP contribution is 2.21. The molecule has 0 aliphatic carbocycles. The van der Waals surface area contributed by atoms with E-state index in [1.54, 1.807) is 18.8 Å². The first-order valence-electron chi connectivity index (χ1n) is 5.54. The lowest BCUT2D eigenvalue weighted by Crippen LogP contribution is -2.50. The van der Waals surface area contributed by atoms with Gasteiger partial charge in [0.2, 0.25) is 5.91 Å². The fourth-order valence-corrected chi connectivity index (χ4v) is 2.91. The molecule has 0 spiro atoms. The lowest BCUT2D eigenvalue weighted by atomic mass is 10.2. The summed E-state index contributed by atoms with van der Waals surface area (Å²) in [5.41, 5.74) is 4.93. The minimum absolute atomic E-state index is 0.109. The van der Waals surface area contributed by atoms with Gasteiger partial charge in [-0.3, -0.25) is 4.79 Å². The van der Waals surface area contributed by atoms with Crippen LogP contribution in [0.4, 0.5) is 4.79 Å². The van der Waals surface area contributed by atoms with Crippen LogP contribution in [0, 0.1) is 0 Å². The molecular weight excluding hydrogens is 258 g/mol. The van der Waals surface area contributed by atoms with Gasteiger partial charge in [-0.25, -0.2) is 9.59 Å². The van der Waals surface area contributed by atoms with Gasteiger partial charge >= 0.3 is 12.0 Å². The maximum Gasteiger partial charge on any atom is 0.326 e. The van der Waals surface area contributed by atoms with Gasteiger partial charge in [-0.15, -0.1) is 0 Å². The third kappa shape index (κ3) is 4.10. The molecule has 1 aliphatic heterocycles. The summed E-state index contributed by atoms with van der Waals surface area (Å²) in [5, 5.41) is 11.2. The van der Waals surface area contributed by atoms with Crippen molar-refractivity contribution >= 4 is 29.7 Å². The zero-order valence-corrected chi connectivity index (χ0v) is 10.9. The first kappa shape index (κ1) is 14.6. The quantitative estimate of drug-likeness (QED) is 0.624. The molecule has 0 aromatic rings. The smallest absolute Gasteiger partial charge is 0.326 e. The van der Waals surface area contributed by atoms with Gasteiger partial charge < -0.3 is 21.1 Å². The van der Waals surface area contributed by atoms with Crippen molar-refractivity contribution < 1.29 is 19.5 Å². The Labute approximate surface area is 109 Å². The summed E-state index contributed by atoms with van der Waals surface area (Å²) in [6.07, 6.45) is 0.483.